The molecule has 0 amide bonds. The van der Waals surface area contributed by atoms with E-state index in [0.717, 1.165) is 26.2 Å². The SMILES string of the molecule is C=CCN(CC=C)CC(C)(CNC)c1ccccc1. The summed E-state index contributed by atoms with van der Waals surface area (Å²) in [4.78, 5) is 2.37. The van der Waals surface area contributed by atoms with E-state index in [1.54, 1.807) is 0 Å². The number of hydrogen-bond donors (Lipinski definition) is 1. The summed E-state index contributed by atoms with van der Waals surface area (Å²) < 4.78 is 0. The van der Waals surface area contributed by atoms with Crippen LogP contribution >= 0.6 is 0 Å². The van der Waals surface area contributed by atoms with E-state index in [1.807, 2.05) is 19.2 Å². The molecule has 0 aromatic heterocycles. The standard InChI is InChI=1S/C17H26N2/c1-5-12-19(13-6-2)15-17(3,14-18-4)16-10-8-7-9-11-16/h5-11,18H,1-2,12-15H2,3-4H3. The summed E-state index contributed by atoms with van der Waals surface area (Å²) in [6.07, 6.45) is 3.91. The maximum Gasteiger partial charge on any atom is 0.0177 e. The highest BCUT2D eigenvalue weighted by Gasteiger charge is 2.27. The van der Waals surface area contributed by atoms with E-state index < -0.39 is 0 Å². The zero-order chi connectivity index (χ0) is 14.1. The van der Waals surface area contributed by atoms with Gasteiger partial charge in [-0.1, -0.05) is 49.4 Å². The van der Waals surface area contributed by atoms with Gasteiger partial charge in [0.05, 0.1) is 0 Å². The van der Waals surface area contributed by atoms with E-state index in [2.05, 4.69) is 60.6 Å². The molecule has 0 bridgehead atoms. The highest BCUT2D eigenvalue weighted by atomic mass is 15.1. The molecule has 1 N–H and O–H groups in total. The van der Waals surface area contributed by atoms with Gasteiger partial charge < -0.3 is 5.32 Å². The largest absolute Gasteiger partial charge is 0.319 e. The lowest BCUT2D eigenvalue weighted by molar-refractivity contribution is 0.251. The summed E-state index contributed by atoms with van der Waals surface area (Å²) in [5.41, 5.74) is 1.45. The van der Waals surface area contributed by atoms with Crippen molar-refractivity contribution in [1.29, 1.82) is 0 Å². The molecule has 0 heterocycles. The van der Waals surface area contributed by atoms with Crippen LogP contribution in [0.3, 0.4) is 0 Å². The molecule has 0 aliphatic rings. The van der Waals surface area contributed by atoms with E-state index in [4.69, 9.17) is 0 Å². The van der Waals surface area contributed by atoms with Crippen molar-refractivity contribution in [3.63, 3.8) is 0 Å². The molecule has 1 aromatic rings. The van der Waals surface area contributed by atoms with Crippen LogP contribution in [0.2, 0.25) is 0 Å². The Kier molecular flexibility index (Phi) is 6.54. The lowest BCUT2D eigenvalue weighted by atomic mass is 9.81. The molecular formula is C17H26N2. The third-order valence-electron chi connectivity index (χ3n) is 3.38. The van der Waals surface area contributed by atoms with Crippen LogP contribution in [0, 0.1) is 0 Å². The van der Waals surface area contributed by atoms with Crippen LogP contribution in [-0.4, -0.2) is 38.1 Å². The molecule has 0 radical (unpaired) electrons. The first-order chi connectivity index (χ1) is 9.16. The molecule has 0 aliphatic carbocycles. The molecule has 0 fully saturated rings. The van der Waals surface area contributed by atoms with Crippen LogP contribution in [0.5, 0.6) is 0 Å². The average Bonchev–Trinajstić information content (AvgIpc) is 2.40. The fourth-order valence-electron chi connectivity index (χ4n) is 2.54. The number of rotatable bonds is 9. The Labute approximate surface area is 117 Å². The maximum absolute atomic E-state index is 3.84. The van der Waals surface area contributed by atoms with Crippen molar-refractivity contribution < 1.29 is 0 Å². The lowest BCUT2D eigenvalue weighted by Gasteiger charge is -2.35. The van der Waals surface area contributed by atoms with Crippen LogP contribution in [0.4, 0.5) is 0 Å². The van der Waals surface area contributed by atoms with Crippen LogP contribution in [-0.2, 0) is 5.41 Å². The Bertz CT molecular complexity index is 376. The zero-order valence-electron chi connectivity index (χ0n) is 12.2. The van der Waals surface area contributed by atoms with Gasteiger partial charge in [0.25, 0.3) is 0 Å². The van der Waals surface area contributed by atoms with E-state index in [-0.39, 0.29) is 5.41 Å². The summed E-state index contributed by atoms with van der Waals surface area (Å²) in [6, 6.07) is 10.7. The second-order valence-corrected chi connectivity index (χ2v) is 5.23. The van der Waals surface area contributed by atoms with Crippen LogP contribution in [0.1, 0.15) is 12.5 Å². The van der Waals surface area contributed by atoms with Crippen molar-refractivity contribution in [2.45, 2.75) is 12.3 Å². The van der Waals surface area contributed by atoms with Gasteiger partial charge in [0.15, 0.2) is 0 Å². The van der Waals surface area contributed by atoms with Crippen LogP contribution < -0.4 is 5.32 Å². The fourth-order valence-corrected chi connectivity index (χ4v) is 2.54. The van der Waals surface area contributed by atoms with Crippen molar-refractivity contribution in [1.82, 2.24) is 10.2 Å². The average molecular weight is 258 g/mol. The molecule has 1 unspecified atom stereocenters. The summed E-state index contributed by atoms with van der Waals surface area (Å²) in [6.45, 7) is 13.7. The van der Waals surface area contributed by atoms with Gasteiger partial charge in [-0.05, 0) is 12.6 Å². The van der Waals surface area contributed by atoms with Crippen molar-refractivity contribution in [3.05, 3.63) is 61.2 Å². The molecule has 1 aromatic carbocycles. The molecule has 2 heteroatoms. The van der Waals surface area contributed by atoms with E-state index in [0.29, 0.717) is 0 Å². The first kappa shape index (κ1) is 15.7. The molecule has 19 heavy (non-hydrogen) atoms. The smallest absolute Gasteiger partial charge is 0.0177 e. The number of nitrogens with zero attached hydrogens (tertiary/aromatic N) is 1. The number of nitrogens with one attached hydrogen (secondary N) is 1. The van der Waals surface area contributed by atoms with Crippen molar-refractivity contribution in [3.8, 4) is 0 Å². The zero-order valence-corrected chi connectivity index (χ0v) is 12.2. The summed E-state index contributed by atoms with van der Waals surface area (Å²) >= 11 is 0. The van der Waals surface area contributed by atoms with Gasteiger partial charge in [-0.2, -0.15) is 0 Å². The quantitative estimate of drug-likeness (QED) is 0.685. The Hall–Kier alpha value is -1.38. The van der Waals surface area contributed by atoms with Gasteiger partial charge in [-0.15, -0.1) is 13.2 Å². The fraction of sp³-hybridized carbons (Fsp3) is 0.412. The molecule has 0 spiro atoms. The second-order valence-electron chi connectivity index (χ2n) is 5.23. The molecule has 1 atom stereocenters. The molecule has 0 saturated heterocycles. The normalized spacial score (nSPS) is 14.1. The number of hydrogen-bond acceptors (Lipinski definition) is 2. The minimum atomic E-state index is 0.0853. The lowest BCUT2D eigenvalue weighted by Crippen LogP contribution is -2.45. The Morgan fingerprint density at radius 2 is 1.74 bits per heavy atom. The molecule has 0 aliphatic heterocycles. The highest BCUT2D eigenvalue weighted by Crippen LogP contribution is 2.24. The highest BCUT2D eigenvalue weighted by molar-refractivity contribution is 5.25. The van der Waals surface area contributed by atoms with Gasteiger partial charge in [-0.25, -0.2) is 0 Å². The predicted octanol–water partition coefficient (Wildman–Crippen LogP) is 2.84. The Morgan fingerprint density at radius 3 is 2.21 bits per heavy atom. The first-order valence-electron chi connectivity index (χ1n) is 6.80. The monoisotopic (exact) mass is 258 g/mol. The Balaban J connectivity index is 2.91. The van der Waals surface area contributed by atoms with Crippen molar-refractivity contribution in [2.24, 2.45) is 0 Å². The van der Waals surface area contributed by atoms with E-state index >= 15 is 0 Å². The first-order valence-corrected chi connectivity index (χ1v) is 6.80. The molecule has 104 valence electrons. The van der Waals surface area contributed by atoms with Gasteiger partial charge in [0, 0.05) is 31.6 Å². The maximum atomic E-state index is 3.84. The van der Waals surface area contributed by atoms with Gasteiger partial charge in [0.1, 0.15) is 0 Å². The van der Waals surface area contributed by atoms with Gasteiger partial charge in [-0.3, -0.25) is 4.90 Å². The minimum absolute atomic E-state index is 0.0853. The Morgan fingerprint density at radius 1 is 1.16 bits per heavy atom. The summed E-state index contributed by atoms with van der Waals surface area (Å²) in [7, 11) is 2.01. The third-order valence-corrected chi connectivity index (χ3v) is 3.38. The van der Waals surface area contributed by atoms with Crippen molar-refractivity contribution >= 4 is 0 Å². The van der Waals surface area contributed by atoms with E-state index in [1.165, 1.54) is 5.56 Å². The molecular weight excluding hydrogens is 232 g/mol. The summed E-state index contributed by atoms with van der Waals surface area (Å²) in [5, 5.41) is 3.32. The summed E-state index contributed by atoms with van der Waals surface area (Å²) in [5.74, 6) is 0. The minimum Gasteiger partial charge on any atom is -0.319 e. The number of benzene rings is 1. The number of likely N-dealkylation sites (N-methyl/N-ethyl adjacent to an activating group) is 1. The van der Waals surface area contributed by atoms with Gasteiger partial charge in [0.2, 0.25) is 0 Å². The second kappa shape index (κ2) is 7.93. The van der Waals surface area contributed by atoms with Crippen LogP contribution in [0.15, 0.2) is 55.6 Å². The predicted molar refractivity (Wildman–Crippen MR) is 84.6 cm³/mol. The third kappa shape index (κ3) is 4.66. The molecule has 0 saturated carbocycles. The van der Waals surface area contributed by atoms with Gasteiger partial charge >= 0.3 is 0 Å². The topological polar surface area (TPSA) is 15.3 Å². The van der Waals surface area contributed by atoms with E-state index in [9.17, 15) is 0 Å². The molecule has 2 nitrogen and oxygen atoms in total. The van der Waals surface area contributed by atoms with Crippen LogP contribution in [0.25, 0.3) is 0 Å². The van der Waals surface area contributed by atoms with Crippen molar-refractivity contribution in [2.75, 3.05) is 33.2 Å². The molecule has 1 rings (SSSR count).